The van der Waals surface area contributed by atoms with Crippen molar-refractivity contribution in [3.8, 4) is 0 Å². The fourth-order valence-electron chi connectivity index (χ4n) is 3.40. The van der Waals surface area contributed by atoms with Crippen LogP contribution in [0.4, 0.5) is 10.8 Å². The summed E-state index contributed by atoms with van der Waals surface area (Å²) in [7, 11) is 0. The van der Waals surface area contributed by atoms with Gasteiger partial charge in [0.25, 0.3) is 5.69 Å². The molecule has 0 atom stereocenters. The molecule has 7 nitrogen and oxygen atoms in total. The molecule has 8 heteroatoms. The maximum atomic E-state index is 12.5. The van der Waals surface area contributed by atoms with E-state index in [-0.39, 0.29) is 11.6 Å². The molecule has 1 amide bonds. The van der Waals surface area contributed by atoms with Crippen molar-refractivity contribution in [3.05, 3.63) is 69.3 Å². The number of carbonyl (C=O) groups is 1. The Hall–Kier alpha value is -3.26. The molecule has 2 heterocycles. The molecule has 0 spiro atoms. The minimum absolute atomic E-state index is 0.0368. The summed E-state index contributed by atoms with van der Waals surface area (Å²) < 4.78 is 1.19. The van der Waals surface area contributed by atoms with Gasteiger partial charge < -0.3 is 9.80 Å². The second-order valence-corrected chi connectivity index (χ2v) is 8.40. The molecular weight excluding hydrogens is 400 g/mol. The van der Waals surface area contributed by atoms with Gasteiger partial charge in [0, 0.05) is 44.4 Å². The fraction of sp³-hybridized carbons (Fsp3) is 0.273. The second-order valence-electron chi connectivity index (χ2n) is 7.39. The van der Waals surface area contributed by atoms with Gasteiger partial charge in [0.2, 0.25) is 5.91 Å². The Morgan fingerprint density at radius 2 is 1.77 bits per heavy atom. The van der Waals surface area contributed by atoms with Crippen LogP contribution in [0.1, 0.15) is 16.7 Å². The van der Waals surface area contributed by atoms with Crippen molar-refractivity contribution >= 4 is 44.4 Å². The number of nitro groups is 1. The van der Waals surface area contributed by atoms with Gasteiger partial charge in [-0.05, 0) is 60.9 Å². The van der Waals surface area contributed by atoms with Gasteiger partial charge >= 0.3 is 0 Å². The second kappa shape index (κ2) is 8.23. The highest BCUT2D eigenvalue weighted by atomic mass is 32.1. The van der Waals surface area contributed by atoms with Crippen molar-refractivity contribution in [1.29, 1.82) is 0 Å². The van der Waals surface area contributed by atoms with Crippen LogP contribution in [0.3, 0.4) is 0 Å². The van der Waals surface area contributed by atoms with Crippen molar-refractivity contribution in [1.82, 2.24) is 9.88 Å². The monoisotopic (exact) mass is 422 g/mol. The quantitative estimate of drug-likeness (QED) is 0.358. The Bertz CT molecular complexity index is 1090. The molecule has 0 saturated carbocycles. The van der Waals surface area contributed by atoms with Crippen LogP contribution in [0.25, 0.3) is 16.3 Å². The van der Waals surface area contributed by atoms with Gasteiger partial charge in [-0.25, -0.2) is 4.98 Å². The molecule has 3 aromatic rings. The average molecular weight is 423 g/mol. The van der Waals surface area contributed by atoms with Crippen molar-refractivity contribution in [2.24, 2.45) is 0 Å². The lowest BCUT2D eigenvalue weighted by Crippen LogP contribution is -2.48. The van der Waals surface area contributed by atoms with Crippen LogP contribution in [-0.4, -0.2) is 46.9 Å². The molecule has 30 heavy (non-hydrogen) atoms. The van der Waals surface area contributed by atoms with Crippen molar-refractivity contribution < 1.29 is 9.72 Å². The average Bonchev–Trinajstić information content (AvgIpc) is 3.15. The maximum absolute atomic E-state index is 12.5. The Morgan fingerprint density at radius 1 is 1.10 bits per heavy atom. The van der Waals surface area contributed by atoms with Gasteiger partial charge in [-0.15, -0.1) is 0 Å². The predicted octanol–water partition coefficient (Wildman–Crippen LogP) is 4.18. The first kappa shape index (κ1) is 20.0. The van der Waals surface area contributed by atoms with Crippen molar-refractivity contribution in [2.75, 3.05) is 31.1 Å². The van der Waals surface area contributed by atoms with E-state index < -0.39 is 4.92 Å². The summed E-state index contributed by atoms with van der Waals surface area (Å²) in [5.74, 6) is -0.0523. The molecule has 0 unspecified atom stereocenters. The van der Waals surface area contributed by atoms with Gasteiger partial charge in [0.15, 0.2) is 5.13 Å². The highest BCUT2D eigenvalue weighted by Gasteiger charge is 2.22. The lowest BCUT2D eigenvalue weighted by Gasteiger charge is -2.34. The molecule has 0 radical (unpaired) electrons. The number of thiazole rings is 1. The number of fused-ring (bicyclic) bond motifs is 1. The SMILES string of the molecule is Cc1cc2nc(N3CCN(C(=O)/C=C/c4ccc([N+](=O)[O-])cc4)CC3)sc2cc1C. The summed E-state index contributed by atoms with van der Waals surface area (Å²) >= 11 is 1.70. The molecular formula is C22H22N4O3S. The standard InChI is InChI=1S/C22H22N4O3S/c1-15-13-19-20(14-16(15)2)30-22(23-19)25-11-9-24(10-12-25)21(27)8-5-17-3-6-18(7-4-17)26(28)29/h3-8,13-14H,9-12H2,1-2H3/b8-5+. The molecule has 1 aromatic heterocycles. The third-order valence-corrected chi connectivity index (χ3v) is 6.46. The highest BCUT2D eigenvalue weighted by molar-refractivity contribution is 7.22. The zero-order valence-corrected chi connectivity index (χ0v) is 17.7. The molecule has 0 aliphatic carbocycles. The van der Waals surface area contributed by atoms with E-state index in [9.17, 15) is 14.9 Å². The zero-order chi connectivity index (χ0) is 21.3. The summed E-state index contributed by atoms with van der Waals surface area (Å²) in [4.78, 5) is 31.6. The van der Waals surface area contributed by atoms with Gasteiger partial charge in [0.1, 0.15) is 0 Å². The number of hydrogen-bond acceptors (Lipinski definition) is 6. The number of rotatable bonds is 4. The number of piperazine rings is 1. The minimum Gasteiger partial charge on any atom is -0.345 e. The molecule has 0 N–H and O–H groups in total. The molecule has 1 aliphatic rings. The molecule has 2 aromatic carbocycles. The number of nitro benzene ring substituents is 1. The highest BCUT2D eigenvalue weighted by Crippen LogP contribution is 2.31. The number of benzene rings is 2. The molecule has 1 fully saturated rings. The van der Waals surface area contributed by atoms with E-state index in [2.05, 4.69) is 30.9 Å². The smallest absolute Gasteiger partial charge is 0.269 e. The number of aromatic nitrogens is 1. The van der Waals surface area contributed by atoms with E-state index in [0.29, 0.717) is 13.1 Å². The van der Waals surface area contributed by atoms with E-state index in [1.807, 2.05) is 4.90 Å². The number of hydrogen-bond donors (Lipinski definition) is 0. The van der Waals surface area contributed by atoms with Crippen LogP contribution in [0.2, 0.25) is 0 Å². The Kier molecular flexibility index (Phi) is 5.50. The Morgan fingerprint density at radius 3 is 2.43 bits per heavy atom. The van der Waals surface area contributed by atoms with Gasteiger partial charge in [-0.1, -0.05) is 11.3 Å². The summed E-state index contributed by atoms with van der Waals surface area (Å²) in [6, 6.07) is 10.5. The number of aryl methyl sites for hydroxylation is 2. The number of nitrogens with zero attached hydrogens (tertiary/aromatic N) is 4. The largest absolute Gasteiger partial charge is 0.345 e. The zero-order valence-electron chi connectivity index (χ0n) is 16.9. The summed E-state index contributed by atoms with van der Waals surface area (Å²) in [5.41, 5.74) is 4.34. The van der Waals surface area contributed by atoms with Gasteiger partial charge in [-0.2, -0.15) is 0 Å². The number of amides is 1. The lowest BCUT2D eigenvalue weighted by molar-refractivity contribution is -0.384. The third kappa shape index (κ3) is 4.18. The van der Waals surface area contributed by atoms with Crippen LogP contribution in [0.5, 0.6) is 0 Å². The van der Waals surface area contributed by atoms with E-state index in [0.717, 1.165) is 29.3 Å². The lowest BCUT2D eigenvalue weighted by atomic mass is 10.1. The normalized spacial score (nSPS) is 14.6. The first-order chi connectivity index (χ1) is 14.4. The van der Waals surface area contributed by atoms with E-state index in [1.165, 1.54) is 34.0 Å². The van der Waals surface area contributed by atoms with Crippen molar-refractivity contribution in [2.45, 2.75) is 13.8 Å². The molecule has 4 rings (SSSR count). The molecule has 0 bridgehead atoms. The van der Waals surface area contributed by atoms with Crippen LogP contribution in [0.15, 0.2) is 42.5 Å². The molecule has 1 aliphatic heterocycles. The van der Waals surface area contributed by atoms with Gasteiger partial charge in [0.05, 0.1) is 15.1 Å². The third-order valence-electron chi connectivity index (χ3n) is 5.38. The predicted molar refractivity (Wildman–Crippen MR) is 120 cm³/mol. The van der Waals surface area contributed by atoms with E-state index >= 15 is 0 Å². The fourth-order valence-corrected chi connectivity index (χ4v) is 4.50. The van der Waals surface area contributed by atoms with Crippen LogP contribution in [0, 0.1) is 24.0 Å². The first-order valence-corrected chi connectivity index (χ1v) is 10.6. The summed E-state index contributed by atoms with van der Waals surface area (Å²) in [6.45, 7) is 6.98. The van der Waals surface area contributed by atoms with Gasteiger partial charge in [-0.3, -0.25) is 14.9 Å². The maximum Gasteiger partial charge on any atom is 0.269 e. The van der Waals surface area contributed by atoms with Crippen LogP contribution in [-0.2, 0) is 4.79 Å². The Balaban J connectivity index is 1.37. The number of anilines is 1. The number of carbonyl (C=O) groups excluding carboxylic acids is 1. The number of non-ortho nitro benzene ring substituents is 1. The van der Waals surface area contributed by atoms with Crippen LogP contribution < -0.4 is 4.90 Å². The topological polar surface area (TPSA) is 79.6 Å². The van der Waals surface area contributed by atoms with E-state index in [1.54, 1.807) is 29.5 Å². The van der Waals surface area contributed by atoms with Crippen molar-refractivity contribution in [3.63, 3.8) is 0 Å². The summed E-state index contributed by atoms with van der Waals surface area (Å²) in [5, 5.41) is 11.7. The molecule has 1 saturated heterocycles. The van der Waals surface area contributed by atoms with Crippen LogP contribution >= 0.6 is 11.3 Å². The Labute approximate surface area is 178 Å². The minimum atomic E-state index is -0.439. The summed E-state index contributed by atoms with van der Waals surface area (Å²) in [6.07, 6.45) is 3.22. The van der Waals surface area contributed by atoms with E-state index in [4.69, 9.17) is 4.98 Å². The first-order valence-electron chi connectivity index (χ1n) is 9.75. The molecule has 154 valence electrons.